The topological polar surface area (TPSA) is 55.4 Å². The molecule has 0 radical (unpaired) electrons. The van der Waals surface area contributed by atoms with E-state index < -0.39 is 5.97 Å². The van der Waals surface area contributed by atoms with Crippen LogP contribution in [-0.4, -0.2) is 19.0 Å². The molecule has 0 fully saturated rings. The van der Waals surface area contributed by atoms with E-state index in [1.807, 2.05) is 24.3 Å². The number of anilines is 1. The number of halogens is 1. The second-order valence-corrected chi connectivity index (χ2v) is 6.74. The minimum Gasteiger partial charge on any atom is -0.465 e. The van der Waals surface area contributed by atoms with E-state index in [0.29, 0.717) is 17.2 Å². The Kier molecular flexibility index (Phi) is 6.53. The highest BCUT2D eigenvalue weighted by molar-refractivity contribution is 9.10. The van der Waals surface area contributed by atoms with Crippen LogP contribution in [0.15, 0.2) is 53.0 Å². The Morgan fingerprint density at radius 2 is 1.80 bits per heavy atom. The van der Waals surface area contributed by atoms with Gasteiger partial charge in [0, 0.05) is 10.5 Å². The highest BCUT2D eigenvalue weighted by Gasteiger charge is 2.13. The first-order valence-corrected chi connectivity index (χ1v) is 8.67. The molecule has 0 heterocycles. The molecule has 0 saturated heterocycles. The molecule has 0 spiro atoms. The number of carbonyl (C=O) groups excluding carboxylic acids is 2. The molecule has 0 saturated carbocycles. The lowest BCUT2D eigenvalue weighted by Crippen LogP contribution is -2.13. The predicted molar refractivity (Wildman–Crippen MR) is 104 cm³/mol. The second-order valence-electron chi connectivity index (χ2n) is 5.83. The first-order chi connectivity index (χ1) is 11.9. The Labute approximate surface area is 156 Å². The van der Waals surface area contributed by atoms with Crippen LogP contribution in [0.5, 0.6) is 0 Å². The van der Waals surface area contributed by atoms with Crippen molar-refractivity contribution in [3.05, 3.63) is 69.7 Å². The summed E-state index contributed by atoms with van der Waals surface area (Å²) in [5.74, 6) is -0.360. The van der Waals surface area contributed by atoms with Gasteiger partial charge in [0.25, 0.3) is 0 Å². The molecule has 0 aliphatic carbocycles. The molecule has 1 N–H and O–H groups in total. The highest BCUT2D eigenvalue weighted by Crippen LogP contribution is 2.22. The molecule has 0 aliphatic heterocycles. The number of nitrogens with one attached hydrogen (secondary N) is 1. The van der Waals surface area contributed by atoms with Gasteiger partial charge in [0.2, 0.25) is 5.91 Å². The molecule has 25 heavy (non-hydrogen) atoms. The zero-order valence-corrected chi connectivity index (χ0v) is 16.0. The van der Waals surface area contributed by atoms with Gasteiger partial charge in [0.05, 0.1) is 18.4 Å². The number of benzene rings is 2. The Bertz CT molecular complexity index is 795. The molecule has 2 aromatic rings. The van der Waals surface area contributed by atoms with E-state index in [1.165, 1.54) is 18.7 Å². The van der Waals surface area contributed by atoms with Crippen molar-refractivity contribution < 1.29 is 14.3 Å². The molecular weight excluding hydrogens is 382 g/mol. The maximum absolute atomic E-state index is 12.1. The van der Waals surface area contributed by atoms with Crippen molar-refractivity contribution in [3.63, 3.8) is 0 Å². The van der Waals surface area contributed by atoms with Gasteiger partial charge < -0.3 is 10.1 Å². The van der Waals surface area contributed by atoms with Crippen molar-refractivity contribution in [3.8, 4) is 0 Å². The predicted octanol–water partition coefficient (Wildman–Crippen LogP) is 5.01. The van der Waals surface area contributed by atoms with Crippen LogP contribution >= 0.6 is 15.9 Å². The molecule has 0 aromatic heterocycles. The Morgan fingerprint density at radius 3 is 2.40 bits per heavy atom. The van der Waals surface area contributed by atoms with E-state index >= 15 is 0 Å². The summed E-state index contributed by atoms with van der Waals surface area (Å²) in [4.78, 5) is 24.0. The number of rotatable bonds is 5. The summed E-state index contributed by atoms with van der Waals surface area (Å²) in [7, 11) is 1.30. The van der Waals surface area contributed by atoms with Crippen molar-refractivity contribution in [2.24, 2.45) is 0 Å². The summed E-state index contributed by atoms with van der Waals surface area (Å²) in [6.07, 6.45) is 3.17. The third kappa shape index (κ3) is 5.29. The molecule has 130 valence electrons. The maximum atomic E-state index is 12.1. The molecule has 2 rings (SSSR count). The van der Waals surface area contributed by atoms with Gasteiger partial charge in [0.15, 0.2) is 0 Å². The average molecular weight is 402 g/mol. The number of carbonyl (C=O) groups is 2. The van der Waals surface area contributed by atoms with Crippen molar-refractivity contribution >= 4 is 39.6 Å². The van der Waals surface area contributed by atoms with Gasteiger partial charge in [-0.15, -0.1) is 0 Å². The lowest BCUT2D eigenvalue weighted by atomic mass is 10.0. The third-order valence-corrected chi connectivity index (χ3v) is 4.17. The maximum Gasteiger partial charge on any atom is 0.340 e. The quantitative estimate of drug-likeness (QED) is 0.565. The molecule has 2 aromatic carbocycles. The molecule has 1 amide bonds. The van der Waals surface area contributed by atoms with Gasteiger partial charge in [-0.05, 0) is 41.3 Å². The van der Waals surface area contributed by atoms with Crippen LogP contribution in [0.2, 0.25) is 0 Å². The third-order valence-electron chi connectivity index (χ3n) is 3.68. The van der Waals surface area contributed by atoms with E-state index in [0.717, 1.165) is 10.0 Å². The number of amides is 1. The number of methoxy groups -OCH3 is 1. The second kappa shape index (κ2) is 8.62. The van der Waals surface area contributed by atoms with Gasteiger partial charge >= 0.3 is 5.97 Å². The van der Waals surface area contributed by atoms with Crippen LogP contribution in [0.4, 0.5) is 5.69 Å². The molecule has 0 atom stereocenters. The first-order valence-electron chi connectivity index (χ1n) is 7.87. The fourth-order valence-corrected chi connectivity index (χ4v) is 2.60. The van der Waals surface area contributed by atoms with E-state index in [1.54, 1.807) is 24.3 Å². The number of hydrogen-bond donors (Lipinski definition) is 1. The van der Waals surface area contributed by atoms with Crippen LogP contribution in [0.3, 0.4) is 0 Å². The van der Waals surface area contributed by atoms with Crippen molar-refractivity contribution in [1.82, 2.24) is 0 Å². The first kappa shape index (κ1) is 18.9. The smallest absolute Gasteiger partial charge is 0.340 e. The van der Waals surface area contributed by atoms with Gasteiger partial charge in [0.1, 0.15) is 0 Å². The summed E-state index contributed by atoms with van der Waals surface area (Å²) in [5.41, 5.74) is 2.88. The molecule has 0 unspecified atom stereocenters. The fourth-order valence-electron chi connectivity index (χ4n) is 2.24. The zero-order valence-electron chi connectivity index (χ0n) is 14.4. The summed E-state index contributed by atoms with van der Waals surface area (Å²) in [6, 6.07) is 13.0. The molecular formula is C20H20BrNO3. The van der Waals surface area contributed by atoms with E-state index in [2.05, 4.69) is 35.1 Å². The summed E-state index contributed by atoms with van der Waals surface area (Å²) < 4.78 is 5.47. The van der Waals surface area contributed by atoms with Crippen LogP contribution in [-0.2, 0) is 9.53 Å². The minimum absolute atomic E-state index is 0.292. The summed E-state index contributed by atoms with van der Waals surface area (Å²) in [5, 5.41) is 2.71. The molecule has 4 nitrogen and oxygen atoms in total. The van der Waals surface area contributed by atoms with Crippen molar-refractivity contribution in [2.75, 3.05) is 12.4 Å². The van der Waals surface area contributed by atoms with E-state index in [9.17, 15) is 9.59 Å². The molecule has 0 aliphatic rings. The van der Waals surface area contributed by atoms with E-state index in [4.69, 9.17) is 4.74 Å². The average Bonchev–Trinajstić information content (AvgIpc) is 2.61. The van der Waals surface area contributed by atoms with Gasteiger partial charge in [-0.2, -0.15) is 0 Å². The lowest BCUT2D eigenvalue weighted by molar-refractivity contribution is -0.111. The Balaban J connectivity index is 2.11. The minimum atomic E-state index is -0.509. The Hall–Kier alpha value is -2.40. The lowest BCUT2D eigenvalue weighted by Gasteiger charge is -2.09. The highest BCUT2D eigenvalue weighted by atomic mass is 79.9. The largest absolute Gasteiger partial charge is 0.465 e. The molecule has 5 heteroatoms. The number of hydrogen-bond acceptors (Lipinski definition) is 3. The van der Waals surface area contributed by atoms with Crippen molar-refractivity contribution in [2.45, 2.75) is 19.8 Å². The zero-order chi connectivity index (χ0) is 18.4. The SMILES string of the molecule is COC(=O)c1cc(Br)ccc1NC(=O)/C=C/c1ccc(C(C)C)cc1. The van der Waals surface area contributed by atoms with Gasteiger partial charge in [-0.3, -0.25) is 4.79 Å². The van der Waals surface area contributed by atoms with Gasteiger partial charge in [-0.1, -0.05) is 54.0 Å². The number of ether oxygens (including phenoxy) is 1. The van der Waals surface area contributed by atoms with E-state index in [-0.39, 0.29) is 5.91 Å². The van der Waals surface area contributed by atoms with Crippen LogP contribution in [0.1, 0.15) is 41.3 Å². The number of esters is 1. The normalized spacial score (nSPS) is 10.9. The standard InChI is InChI=1S/C20H20BrNO3/c1-13(2)15-7-4-14(5-8-15)6-11-19(23)22-18-10-9-16(21)12-17(18)20(24)25-3/h4-13H,1-3H3,(H,22,23)/b11-6+. The summed E-state index contributed by atoms with van der Waals surface area (Å²) >= 11 is 3.30. The van der Waals surface area contributed by atoms with Gasteiger partial charge in [-0.25, -0.2) is 4.79 Å². The van der Waals surface area contributed by atoms with Crippen LogP contribution in [0, 0.1) is 0 Å². The summed E-state index contributed by atoms with van der Waals surface area (Å²) in [6.45, 7) is 4.27. The monoisotopic (exact) mass is 401 g/mol. The van der Waals surface area contributed by atoms with Crippen LogP contribution < -0.4 is 5.32 Å². The Morgan fingerprint density at radius 1 is 1.12 bits per heavy atom. The molecule has 0 bridgehead atoms. The van der Waals surface area contributed by atoms with Crippen molar-refractivity contribution in [1.29, 1.82) is 0 Å². The fraction of sp³-hybridized carbons (Fsp3) is 0.200. The van der Waals surface area contributed by atoms with Crippen LogP contribution in [0.25, 0.3) is 6.08 Å².